The molecule has 1 heterocycles. The zero-order valence-electron chi connectivity index (χ0n) is 9.40. The van der Waals surface area contributed by atoms with E-state index in [9.17, 15) is 0 Å². The topological polar surface area (TPSA) is 30.9 Å². The predicted octanol–water partition coefficient (Wildman–Crippen LogP) is 2.72. The molecule has 0 aliphatic rings. The van der Waals surface area contributed by atoms with Gasteiger partial charge in [-0.3, -0.25) is 0 Å². The molecular weight excluding hydrogens is 184 g/mol. The van der Waals surface area contributed by atoms with Crippen molar-refractivity contribution in [1.82, 2.24) is 4.57 Å². The van der Waals surface area contributed by atoms with E-state index < -0.39 is 0 Å². The Hall–Kier alpha value is -1.28. The number of benzene rings is 1. The van der Waals surface area contributed by atoms with E-state index in [1.165, 1.54) is 16.6 Å². The molecular formula is C13H18N2. The molecule has 0 radical (unpaired) electrons. The molecule has 0 spiro atoms. The first kappa shape index (κ1) is 10.2. The van der Waals surface area contributed by atoms with Crippen LogP contribution in [0.15, 0.2) is 30.3 Å². The van der Waals surface area contributed by atoms with Crippen LogP contribution < -0.4 is 5.73 Å². The number of aryl methyl sites for hydroxylation is 1. The maximum absolute atomic E-state index is 5.74. The summed E-state index contributed by atoms with van der Waals surface area (Å²) in [6, 6.07) is 10.8. The smallest absolute Gasteiger partial charge is 0.0482 e. The fraction of sp³-hybridized carbons (Fsp3) is 0.385. The molecule has 2 N–H and O–H groups in total. The monoisotopic (exact) mass is 202 g/mol. The Kier molecular flexibility index (Phi) is 2.78. The van der Waals surface area contributed by atoms with Crippen molar-refractivity contribution in [2.24, 2.45) is 5.73 Å². The third-order valence-electron chi connectivity index (χ3n) is 3.02. The van der Waals surface area contributed by atoms with E-state index in [2.05, 4.69) is 48.7 Å². The van der Waals surface area contributed by atoms with Gasteiger partial charge in [-0.15, -0.1) is 0 Å². The lowest BCUT2D eigenvalue weighted by Gasteiger charge is -2.12. The molecule has 0 saturated carbocycles. The first-order chi connectivity index (χ1) is 7.27. The highest BCUT2D eigenvalue weighted by molar-refractivity contribution is 5.81. The summed E-state index contributed by atoms with van der Waals surface area (Å²) >= 11 is 0. The largest absolute Gasteiger partial charge is 0.345 e. The molecule has 1 aromatic heterocycles. The SMILES string of the molecule is CCn1c(C(C)CN)cc2ccccc21. The second-order valence-corrected chi connectivity index (χ2v) is 4.01. The maximum atomic E-state index is 5.74. The van der Waals surface area contributed by atoms with E-state index in [1.54, 1.807) is 0 Å². The molecule has 2 heteroatoms. The molecule has 0 fully saturated rings. The van der Waals surface area contributed by atoms with Gasteiger partial charge in [-0.1, -0.05) is 25.1 Å². The van der Waals surface area contributed by atoms with Gasteiger partial charge in [0.1, 0.15) is 0 Å². The van der Waals surface area contributed by atoms with Gasteiger partial charge in [-0.2, -0.15) is 0 Å². The average Bonchev–Trinajstić information content (AvgIpc) is 2.66. The zero-order chi connectivity index (χ0) is 10.8. The van der Waals surface area contributed by atoms with Crippen LogP contribution in [0.3, 0.4) is 0 Å². The Morgan fingerprint density at radius 3 is 2.73 bits per heavy atom. The Morgan fingerprint density at radius 2 is 2.07 bits per heavy atom. The number of para-hydroxylation sites is 1. The number of rotatable bonds is 3. The van der Waals surface area contributed by atoms with Crippen LogP contribution in [-0.2, 0) is 6.54 Å². The maximum Gasteiger partial charge on any atom is 0.0482 e. The molecule has 0 aliphatic carbocycles. The summed E-state index contributed by atoms with van der Waals surface area (Å²) < 4.78 is 2.35. The van der Waals surface area contributed by atoms with Gasteiger partial charge in [0.15, 0.2) is 0 Å². The van der Waals surface area contributed by atoms with Crippen molar-refractivity contribution in [3.63, 3.8) is 0 Å². The van der Waals surface area contributed by atoms with Gasteiger partial charge >= 0.3 is 0 Å². The molecule has 0 aliphatic heterocycles. The second-order valence-electron chi connectivity index (χ2n) is 4.01. The van der Waals surface area contributed by atoms with Gasteiger partial charge in [0.25, 0.3) is 0 Å². The van der Waals surface area contributed by atoms with Crippen LogP contribution in [0.5, 0.6) is 0 Å². The molecule has 1 atom stereocenters. The highest BCUT2D eigenvalue weighted by atomic mass is 15.0. The summed E-state index contributed by atoms with van der Waals surface area (Å²) in [6.45, 7) is 6.07. The first-order valence-electron chi connectivity index (χ1n) is 5.56. The van der Waals surface area contributed by atoms with Crippen LogP contribution in [0.25, 0.3) is 10.9 Å². The Morgan fingerprint density at radius 1 is 1.33 bits per heavy atom. The molecule has 80 valence electrons. The fourth-order valence-electron chi connectivity index (χ4n) is 2.11. The minimum atomic E-state index is 0.428. The molecule has 2 rings (SSSR count). The van der Waals surface area contributed by atoms with Crippen LogP contribution >= 0.6 is 0 Å². The summed E-state index contributed by atoms with van der Waals surface area (Å²) in [4.78, 5) is 0. The van der Waals surface area contributed by atoms with Gasteiger partial charge in [0.2, 0.25) is 0 Å². The molecule has 0 amide bonds. The standard InChI is InChI=1S/C13H18N2/c1-3-15-12-7-5-4-6-11(12)8-13(15)10(2)9-14/h4-8,10H,3,9,14H2,1-2H3. The van der Waals surface area contributed by atoms with Gasteiger partial charge in [-0.05, 0) is 24.4 Å². The van der Waals surface area contributed by atoms with Crippen LogP contribution in [0, 0.1) is 0 Å². The Labute approximate surface area is 90.7 Å². The molecule has 2 nitrogen and oxygen atoms in total. The highest BCUT2D eigenvalue weighted by Gasteiger charge is 2.11. The van der Waals surface area contributed by atoms with Crippen LogP contribution in [0.2, 0.25) is 0 Å². The van der Waals surface area contributed by atoms with E-state index in [-0.39, 0.29) is 0 Å². The lowest BCUT2D eigenvalue weighted by molar-refractivity contribution is 0.661. The molecule has 0 saturated heterocycles. The number of hydrogen-bond donors (Lipinski definition) is 1. The summed E-state index contributed by atoms with van der Waals surface area (Å²) in [5.74, 6) is 0.428. The number of fused-ring (bicyclic) bond motifs is 1. The summed E-state index contributed by atoms with van der Waals surface area (Å²) in [5, 5.41) is 1.31. The highest BCUT2D eigenvalue weighted by Crippen LogP contribution is 2.24. The van der Waals surface area contributed by atoms with Crippen molar-refractivity contribution in [3.05, 3.63) is 36.0 Å². The summed E-state index contributed by atoms with van der Waals surface area (Å²) in [6.07, 6.45) is 0. The van der Waals surface area contributed by atoms with E-state index in [0.29, 0.717) is 12.5 Å². The van der Waals surface area contributed by atoms with E-state index in [4.69, 9.17) is 5.73 Å². The fourth-order valence-corrected chi connectivity index (χ4v) is 2.11. The molecule has 1 aromatic carbocycles. The Balaban J connectivity index is 2.63. The van der Waals surface area contributed by atoms with Gasteiger partial charge in [-0.25, -0.2) is 0 Å². The zero-order valence-corrected chi connectivity index (χ0v) is 9.40. The van der Waals surface area contributed by atoms with Crippen LogP contribution in [-0.4, -0.2) is 11.1 Å². The van der Waals surface area contributed by atoms with E-state index in [1.807, 2.05) is 0 Å². The quantitative estimate of drug-likeness (QED) is 0.815. The third kappa shape index (κ3) is 1.65. The third-order valence-corrected chi connectivity index (χ3v) is 3.02. The number of nitrogens with zero attached hydrogens (tertiary/aromatic N) is 1. The Bertz CT molecular complexity index is 457. The van der Waals surface area contributed by atoms with Crippen molar-refractivity contribution >= 4 is 10.9 Å². The number of aromatic nitrogens is 1. The van der Waals surface area contributed by atoms with Gasteiger partial charge < -0.3 is 10.3 Å². The van der Waals surface area contributed by atoms with Crippen molar-refractivity contribution in [3.8, 4) is 0 Å². The van der Waals surface area contributed by atoms with Gasteiger partial charge in [0, 0.05) is 30.2 Å². The molecule has 15 heavy (non-hydrogen) atoms. The predicted molar refractivity (Wildman–Crippen MR) is 65.1 cm³/mol. The van der Waals surface area contributed by atoms with E-state index in [0.717, 1.165) is 6.54 Å². The second kappa shape index (κ2) is 4.07. The molecule has 1 unspecified atom stereocenters. The molecule has 2 aromatic rings. The summed E-state index contributed by atoms with van der Waals surface area (Å²) in [5.41, 5.74) is 8.40. The minimum absolute atomic E-state index is 0.428. The van der Waals surface area contributed by atoms with Crippen LogP contribution in [0.4, 0.5) is 0 Å². The summed E-state index contributed by atoms with van der Waals surface area (Å²) in [7, 11) is 0. The van der Waals surface area contributed by atoms with E-state index >= 15 is 0 Å². The number of hydrogen-bond acceptors (Lipinski definition) is 1. The molecule has 0 bridgehead atoms. The van der Waals surface area contributed by atoms with Crippen molar-refractivity contribution in [1.29, 1.82) is 0 Å². The number of nitrogens with two attached hydrogens (primary N) is 1. The van der Waals surface area contributed by atoms with Crippen molar-refractivity contribution in [2.45, 2.75) is 26.3 Å². The van der Waals surface area contributed by atoms with Crippen molar-refractivity contribution in [2.75, 3.05) is 6.54 Å². The van der Waals surface area contributed by atoms with Gasteiger partial charge in [0.05, 0.1) is 0 Å². The first-order valence-corrected chi connectivity index (χ1v) is 5.56. The normalized spacial score (nSPS) is 13.3. The lowest BCUT2D eigenvalue weighted by Crippen LogP contribution is -2.13. The average molecular weight is 202 g/mol. The lowest BCUT2D eigenvalue weighted by atomic mass is 10.1. The van der Waals surface area contributed by atoms with Crippen molar-refractivity contribution < 1.29 is 0 Å². The van der Waals surface area contributed by atoms with Crippen LogP contribution in [0.1, 0.15) is 25.5 Å². The minimum Gasteiger partial charge on any atom is -0.345 e.